The lowest BCUT2D eigenvalue weighted by Crippen LogP contribution is -2.22. The molecule has 2 nitrogen and oxygen atoms in total. The Morgan fingerprint density at radius 3 is 1.66 bits per heavy atom. The third-order valence-electron chi connectivity index (χ3n) is 14.4. The summed E-state index contributed by atoms with van der Waals surface area (Å²) in [5, 5.41) is 4.65. The van der Waals surface area contributed by atoms with Crippen LogP contribution in [0.15, 0.2) is 259 Å². The summed E-state index contributed by atoms with van der Waals surface area (Å²) in [6.07, 6.45) is 0. The van der Waals surface area contributed by atoms with Gasteiger partial charge in [0.2, 0.25) is 0 Å². The minimum Gasteiger partial charge on any atom is -0.455 e. The van der Waals surface area contributed by atoms with E-state index < -0.39 is 0 Å². The van der Waals surface area contributed by atoms with E-state index in [1.165, 1.54) is 60.8 Å². The van der Waals surface area contributed by atoms with E-state index >= 15 is 0 Å². The predicted octanol–water partition coefficient (Wildman–Crippen LogP) is 18.2. The Balaban J connectivity index is 1.01. The third kappa shape index (κ3) is 6.26. The van der Waals surface area contributed by atoms with Crippen LogP contribution in [0, 0.1) is 0 Å². The molecule has 1 aliphatic rings. The molecule has 0 saturated heterocycles. The normalized spacial score (nSPS) is 14.0. The smallest absolute Gasteiger partial charge is 0.143 e. The monoisotopic (exact) mass is 867 g/mol. The lowest BCUT2D eigenvalue weighted by molar-refractivity contribution is 0.670. The minimum atomic E-state index is -0.280. The Morgan fingerprint density at radius 2 is 0.897 bits per heavy atom. The number of nitrogens with zero attached hydrogens (tertiary/aromatic N) is 1. The summed E-state index contributed by atoms with van der Waals surface area (Å²) in [6, 6.07) is 92.7. The number of hydrogen-bond acceptors (Lipinski definition) is 2. The van der Waals surface area contributed by atoms with Crippen LogP contribution >= 0.6 is 0 Å². The summed E-state index contributed by atoms with van der Waals surface area (Å²) < 4.78 is 6.72. The molecule has 320 valence electrons. The predicted molar refractivity (Wildman–Crippen MR) is 285 cm³/mol. The van der Waals surface area contributed by atoms with E-state index in [9.17, 15) is 0 Å². The van der Waals surface area contributed by atoms with Crippen LogP contribution in [-0.4, -0.2) is 0 Å². The van der Waals surface area contributed by atoms with Gasteiger partial charge in [0.1, 0.15) is 11.2 Å². The van der Waals surface area contributed by atoms with Gasteiger partial charge in [-0.25, -0.2) is 0 Å². The summed E-state index contributed by atoms with van der Waals surface area (Å²) >= 11 is 0. The largest absolute Gasteiger partial charge is 0.455 e. The first-order valence-electron chi connectivity index (χ1n) is 23.5. The van der Waals surface area contributed by atoms with Crippen molar-refractivity contribution in [2.45, 2.75) is 12.3 Å². The van der Waals surface area contributed by atoms with Crippen LogP contribution in [-0.2, 0) is 5.41 Å². The Labute approximate surface area is 396 Å². The van der Waals surface area contributed by atoms with Crippen LogP contribution in [0.25, 0.3) is 88.3 Å². The minimum absolute atomic E-state index is 0.280. The number of furan rings is 1. The van der Waals surface area contributed by atoms with Crippen LogP contribution in [0.5, 0.6) is 0 Å². The maximum absolute atomic E-state index is 6.72. The SMILES string of the molecule is CC1(c2ccccc2)c2ccccc2-c2ccc(-c3ccc(N(c4ccccc4-c4cccc5c4oc4ccccc45)c4ccccc4-c4cccc5cccc(-c6ccccc6)c45)cc3)cc21. The Bertz CT molecular complexity index is 3860. The third-order valence-corrected chi connectivity index (χ3v) is 14.4. The molecule has 0 radical (unpaired) electrons. The first-order chi connectivity index (χ1) is 33.6. The maximum atomic E-state index is 6.72. The molecule has 0 bridgehead atoms. The average Bonchev–Trinajstić information content (AvgIpc) is 3.92. The first-order valence-corrected chi connectivity index (χ1v) is 23.5. The fourth-order valence-corrected chi connectivity index (χ4v) is 11.1. The van der Waals surface area contributed by atoms with Gasteiger partial charge in [0.05, 0.1) is 11.4 Å². The van der Waals surface area contributed by atoms with Crippen LogP contribution in [0.1, 0.15) is 23.6 Å². The van der Waals surface area contributed by atoms with Crippen molar-refractivity contribution in [2.24, 2.45) is 0 Å². The maximum Gasteiger partial charge on any atom is 0.143 e. The van der Waals surface area contributed by atoms with E-state index in [4.69, 9.17) is 4.42 Å². The average molecular weight is 868 g/mol. The van der Waals surface area contributed by atoms with E-state index in [0.29, 0.717) is 0 Å². The molecule has 1 heterocycles. The highest BCUT2D eigenvalue weighted by Crippen LogP contribution is 2.54. The van der Waals surface area contributed by atoms with E-state index in [1.54, 1.807) is 0 Å². The molecule has 68 heavy (non-hydrogen) atoms. The molecule has 0 N–H and O–H groups in total. The Morgan fingerprint density at radius 1 is 0.353 bits per heavy atom. The van der Waals surface area contributed by atoms with Crippen molar-refractivity contribution in [1.29, 1.82) is 0 Å². The molecule has 0 spiro atoms. The summed E-state index contributed by atoms with van der Waals surface area (Å²) in [7, 11) is 0. The highest BCUT2D eigenvalue weighted by molar-refractivity contribution is 6.12. The van der Waals surface area contributed by atoms with E-state index in [2.05, 4.69) is 261 Å². The first kappa shape index (κ1) is 39.6. The highest BCUT2D eigenvalue weighted by atomic mass is 16.3. The fraction of sp³-hybridized carbons (Fsp3) is 0.0303. The lowest BCUT2D eigenvalue weighted by atomic mass is 9.74. The zero-order valence-electron chi connectivity index (χ0n) is 37.6. The van der Waals surface area contributed by atoms with E-state index in [0.717, 1.165) is 61.3 Å². The molecule has 0 aliphatic heterocycles. The number of hydrogen-bond donors (Lipinski definition) is 0. The van der Waals surface area contributed by atoms with Gasteiger partial charge in [-0.2, -0.15) is 0 Å². The van der Waals surface area contributed by atoms with Gasteiger partial charge in [-0.05, 0) is 110 Å². The molecule has 1 unspecified atom stereocenters. The van der Waals surface area contributed by atoms with Crippen LogP contribution in [0.4, 0.5) is 17.1 Å². The molecule has 1 aromatic heterocycles. The highest BCUT2D eigenvalue weighted by Gasteiger charge is 2.40. The second-order valence-corrected chi connectivity index (χ2v) is 18.1. The molecule has 0 amide bonds. The van der Waals surface area contributed by atoms with Crippen LogP contribution in [0.2, 0.25) is 0 Å². The molecule has 11 aromatic carbocycles. The van der Waals surface area contributed by atoms with Gasteiger partial charge in [-0.15, -0.1) is 0 Å². The van der Waals surface area contributed by atoms with Crippen molar-refractivity contribution >= 4 is 49.8 Å². The van der Waals surface area contributed by atoms with Gasteiger partial charge in [-0.3, -0.25) is 0 Å². The second kappa shape index (κ2) is 16.0. The van der Waals surface area contributed by atoms with Gasteiger partial charge in [-0.1, -0.05) is 218 Å². The van der Waals surface area contributed by atoms with Crippen LogP contribution in [0.3, 0.4) is 0 Å². The molecule has 13 rings (SSSR count). The summed E-state index contributed by atoms with van der Waals surface area (Å²) in [5.41, 5.74) is 20.5. The number of para-hydroxylation sites is 4. The van der Waals surface area contributed by atoms with E-state index in [1.807, 2.05) is 6.07 Å². The van der Waals surface area contributed by atoms with Gasteiger partial charge in [0, 0.05) is 38.6 Å². The number of fused-ring (bicyclic) bond motifs is 7. The van der Waals surface area contributed by atoms with E-state index in [-0.39, 0.29) is 5.41 Å². The zero-order valence-corrected chi connectivity index (χ0v) is 37.6. The molecule has 0 fully saturated rings. The number of rotatable bonds is 8. The quantitative estimate of drug-likeness (QED) is 0.151. The summed E-state index contributed by atoms with van der Waals surface area (Å²) in [6.45, 7) is 2.39. The zero-order chi connectivity index (χ0) is 45.2. The standard InChI is InChI=1S/C66H45NO/c1-66(48-23-6-3-7-24-48)59-33-12-8-25-51(59)52-42-39-47(43-60(52)66)44-37-40-49(41-38-44)67(62-35-14-10-27-54(62)57-31-18-32-58-55-28-11-15-36-63(55)68-65(57)58)61-34-13-9-26-53(61)56-30-17-22-46-21-16-29-50(64(46)56)45-19-4-2-5-20-45/h2-43H,1H3. The van der Waals surface area contributed by atoms with Crippen LogP contribution < -0.4 is 4.90 Å². The number of benzene rings is 11. The topological polar surface area (TPSA) is 16.4 Å². The summed E-state index contributed by atoms with van der Waals surface area (Å²) in [4.78, 5) is 2.45. The molecule has 2 heteroatoms. The van der Waals surface area contributed by atoms with Crippen molar-refractivity contribution in [1.82, 2.24) is 0 Å². The van der Waals surface area contributed by atoms with Crippen molar-refractivity contribution in [3.05, 3.63) is 271 Å². The number of anilines is 3. The fourth-order valence-electron chi connectivity index (χ4n) is 11.1. The summed E-state index contributed by atoms with van der Waals surface area (Å²) in [5.74, 6) is 0. The Hall–Kier alpha value is -8.72. The van der Waals surface area contributed by atoms with Gasteiger partial charge >= 0.3 is 0 Å². The Kier molecular flexibility index (Phi) is 9.33. The van der Waals surface area contributed by atoms with Crippen molar-refractivity contribution < 1.29 is 4.42 Å². The van der Waals surface area contributed by atoms with Crippen molar-refractivity contribution in [2.75, 3.05) is 4.90 Å². The molecule has 12 aromatic rings. The van der Waals surface area contributed by atoms with Crippen molar-refractivity contribution in [3.63, 3.8) is 0 Å². The van der Waals surface area contributed by atoms with Gasteiger partial charge < -0.3 is 9.32 Å². The molecule has 1 aliphatic carbocycles. The van der Waals surface area contributed by atoms with Gasteiger partial charge in [0.15, 0.2) is 0 Å². The second-order valence-electron chi connectivity index (χ2n) is 18.1. The lowest BCUT2D eigenvalue weighted by Gasteiger charge is -2.30. The molecular weight excluding hydrogens is 823 g/mol. The van der Waals surface area contributed by atoms with Crippen molar-refractivity contribution in [3.8, 4) is 55.6 Å². The molecule has 0 saturated carbocycles. The molecular formula is C66H45NO. The molecule has 1 atom stereocenters. The van der Waals surface area contributed by atoms with Gasteiger partial charge in [0.25, 0.3) is 0 Å².